The van der Waals surface area contributed by atoms with Crippen LogP contribution in [0.5, 0.6) is 0 Å². The van der Waals surface area contributed by atoms with Gasteiger partial charge in [-0.3, -0.25) is 0 Å². The van der Waals surface area contributed by atoms with E-state index in [4.69, 9.17) is 0 Å². The van der Waals surface area contributed by atoms with E-state index in [0.717, 1.165) is 12.8 Å². The van der Waals surface area contributed by atoms with Gasteiger partial charge in [-0.15, -0.1) is 92.2 Å². The van der Waals surface area contributed by atoms with Crippen LogP contribution < -0.4 is 0 Å². The number of allylic oxidation sites excluding steroid dienone is 8. The fourth-order valence-electron chi connectivity index (χ4n) is 6.75. The van der Waals surface area contributed by atoms with Crippen molar-refractivity contribution >= 4 is 85.9 Å². The van der Waals surface area contributed by atoms with Crippen molar-refractivity contribution in [3.8, 4) is 0 Å². The Morgan fingerprint density at radius 1 is 0.542 bits per heavy atom. The molecule has 6 aromatic carbocycles. The summed E-state index contributed by atoms with van der Waals surface area (Å²) in [4.78, 5) is 0. The second-order valence-corrected chi connectivity index (χ2v) is 11.6. The van der Waals surface area contributed by atoms with Gasteiger partial charge in [0, 0.05) is 0 Å². The Hall–Kier alpha value is -2.74. The van der Waals surface area contributed by atoms with Gasteiger partial charge in [0.2, 0.25) is 0 Å². The number of rotatable bonds is 2. The minimum absolute atomic E-state index is 0. The van der Waals surface area contributed by atoms with Gasteiger partial charge in [-0.25, -0.2) is 0 Å². The quantitative estimate of drug-likeness (QED) is 0.122. The third-order valence-electron chi connectivity index (χ3n) is 8.69. The molecule has 0 heterocycles. The molecule has 4 heteroatoms. The van der Waals surface area contributed by atoms with Crippen LogP contribution in [-0.4, -0.2) is 6.88 Å². The number of hydrogen-bond donors (Lipinski definition) is 0. The summed E-state index contributed by atoms with van der Waals surface area (Å²) < 4.78 is 0. The van der Waals surface area contributed by atoms with Crippen molar-refractivity contribution in [3.63, 3.8) is 0 Å². The third kappa shape index (κ3) is 8.51. The molecule has 0 spiro atoms. The fraction of sp³-hybridized carbons (Fsp3) is 0.182. The molecule has 48 heavy (non-hydrogen) atoms. The topological polar surface area (TPSA) is 0 Å². The van der Waals surface area contributed by atoms with Crippen molar-refractivity contribution in [3.05, 3.63) is 156 Å². The van der Waals surface area contributed by atoms with Gasteiger partial charge in [0.15, 0.2) is 0 Å². The van der Waals surface area contributed by atoms with Gasteiger partial charge in [-0.1, -0.05) is 130 Å². The Kier molecular flexibility index (Phi) is 16.8. The SMILES string of the molecule is Cc1ccc2c(c1)[cH-]c1c(C3=CC=CC3)c(C)ccc12.Cc1ccc2c(c1)[cH-]c1c(C3=CC=CC3)c(C)ccc12.Cl.Cl.[CH2-]C.[CH2-]C.[Si]=[Zr]. The van der Waals surface area contributed by atoms with Gasteiger partial charge in [-0.2, -0.15) is 13.8 Å². The summed E-state index contributed by atoms with van der Waals surface area (Å²) in [5.41, 5.74) is 11.2. The van der Waals surface area contributed by atoms with E-state index in [0.29, 0.717) is 0 Å². The van der Waals surface area contributed by atoms with Crippen molar-refractivity contribution in [2.24, 2.45) is 0 Å². The number of aryl methyl sites for hydroxylation is 4. The molecule has 0 amide bonds. The summed E-state index contributed by atoms with van der Waals surface area (Å²) in [6.07, 6.45) is 15.4. The molecule has 2 aliphatic carbocycles. The second kappa shape index (κ2) is 19.4. The van der Waals surface area contributed by atoms with Crippen LogP contribution in [0.25, 0.3) is 54.2 Å². The van der Waals surface area contributed by atoms with Crippen LogP contribution in [0, 0.1) is 41.5 Å². The Morgan fingerprint density at radius 2 is 0.896 bits per heavy atom. The van der Waals surface area contributed by atoms with E-state index in [1.54, 1.807) is 13.8 Å². The molecule has 2 aliphatic rings. The van der Waals surface area contributed by atoms with E-state index in [9.17, 15) is 0 Å². The summed E-state index contributed by atoms with van der Waals surface area (Å²) in [5.74, 6) is 0. The van der Waals surface area contributed by atoms with Crippen molar-refractivity contribution in [1.82, 2.24) is 0 Å². The average molecular weight is 765 g/mol. The first-order valence-electron chi connectivity index (χ1n) is 16.1. The summed E-state index contributed by atoms with van der Waals surface area (Å²) in [7, 11) is 0. The van der Waals surface area contributed by atoms with Gasteiger partial charge >= 0.3 is 30.2 Å². The van der Waals surface area contributed by atoms with Crippen LogP contribution >= 0.6 is 24.8 Å². The van der Waals surface area contributed by atoms with Crippen molar-refractivity contribution < 1.29 is 23.3 Å². The van der Waals surface area contributed by atoms with Gasteiger partial charge in [0.1, 0.15) is 0 Å². The molecule has 0 atom stereocenters. The van der Waals surface area contributed by atoms with Crippen molar-refractivity contribution in [2.75, 3.05) is 0 Å². The zero-order chi connectivity index (χ0) is 33.4. The van der Waals surface area contributed by atoms with Crippen LogP contribution in [0.3, 0.4) is 0 Å². The van der Waals surface area contributed by atoms with E-state index in [-0.39, 0.29) is 24.8 Å². The van der Waals surface area contributed by atoms with Crippen molar-refractivity contribution in [2.45, 2.75) is 54.4 Å². The molecule has 8 rings (SSSR count). The maximum atomic E-state index is 3.25. The predicted octanol–water partition coefficient (Wildman–Crippen LogP) is 13.5. The molecule has 0 saturated heterocycles. The molecule has 248 valence electrons. The maximum absolute atomic E-state index is 3.25. The summed E-state index contributed by atoms with van der Waals surface area (Å²) in [6.45, 7) is 21.8. The second-order valence-electron chi connectivity index (χ2n) is 11.6. The molecule has 0 aromatic heterocycles. The van der Waals surface area contributed by atoms with E-state index in [2.05, 4.69) is 158 Å². The molecule has 0 bridgehead atoms. The molecular weight excluding hydrogens is 719 g/mol. The molecule has 2 radical (unpaired) electrons. The Balaban J connectivity index is 0.000000279. The van der Waals surface area contributed by atoms with Gasteiger partial charge in [0.25, 0.3) is 0 Å². The van der Waals surface area contributed by atoms with E-state index in [1.807, 2.05) is 0 Å². The zero-order valence-electron chi connectivity index (χ0n) is 29.0. The van der Waals surface area contributed by atoms with Crippen molar-refractivity contribution in [1.29, 1.82) is 0 Å². The number of hydrogen-bond acceptors (Lipinski definition) is 0. The standard InChI is InChI=1S/2C20H17.2C2H5.2ClH.Si.Zr/c2*1-13-7-9-17-16(11-13)12-19-18(17)10-8-14(2)20(19)15-5-3-4-6-15;2*1-2;;;;/h2*3-5,7-12H,6H2,1-2H3;2*1H2,2H3;2*1H;;/q4*-1;;;;. The molecule has 0 saturated carbocycles. The summed E-state index contributed by atoms with van der Waals surface area (Å²) in [6, 6.07) is 27.3. The van der Waals surface area contributed by atoms with Crippen LogP contribution in [0.4, 0.5) is 0 Å². The summed E-state index contributed by atoms with van der Waals surface area (Å²) >= 11 is 1.36. The fourth-order valence-corrected chi connectivity index (χ4v) is 6.75. The molecule has 0 aliphatic heterocycles. The number of fused-ring (bicyclic) bond motifs is 6. The first kappa shape index (κ1) is 41.4. The Morgan fingerprint density at radius 3 is 1.23 bits per heavy atom. The third-order valence-corrected chi connectivity index (χ3v) is 8.69. The van der Waals surface area contributed by atoms with Crippen LogP contribution in [0.15, 0.2) is 109 Å². The first-order chi connectivity index (χ1) is 22.5. The molecule has 0 nitrogen and oxygen atoms in total. The normalized spacial score (nSPS) is 12.3. The van der Waals surface area contributed by atoms with Crippen LogP contribution in [0.1, 0.15) is 60.1 Å². The number of halogens is 2. The van der Waals surface area contributed by atoms with E-state index < -0.39 is 0 Å². The minimum atomic E-state index is 0. The molecule has 0 fully saturated rings. The van der Waals surface area contributed by atoms with E-state index in [1.165, 1.54) is 111 Å². The van der Waals surface area contributed by atoms with Gasteiger partial charge < -0.3 is 13.8 Å². The average Bonchev–Trinajstić information content (AvgIpc) is 3.90. The summed E-state index contributed by atoms with van der Waals surface area (Å²) in [5, 5.41) is 11.0. The molecule has 0 unspecified atom stereocenters. The van der Waals surface area contributed by atoms with Gasteiger partial charge in [0.05, 0.1) is 0 Å². The predicted molar refractivity (Wildman–Crippen MR) is 219 cm³/mol. The first-order valence-corrected chi connectivity index (χ1v) is 20.2. The Labute approximate surface area is 317 Å². The molecule has 6 aromatic rings. The van der Waals surface area contributed by atoms with E-state index >= 15 is 0 Å². The number of benzene rings is 4. The molecule has 0 N–H and O–H groups in total. The zero-order valence-corrected chi connectivity index (χ0v) is 34.1. The van der Waals surface area contributed by atoms with Gasteiger partial charge in [-0.05, 0) is 40.5 Å². The van der Waals surface area contributed by atoms with Crippen LogP contribution in [0.2, 0.25) is 0 Å². The van der Waals surface area contributed by atoms with Crippen LogP contribution in [-0.2, 0) is 23.3 Å². The molecular formula is C44H46Cl2SiZr-4. The Bertz CT molecular complexity index is 1970. The monoisotopic (exact) mass is 762 g/mol.